The lowest BCUT2D eigenvalue weighted by atomic mass is 9.98. The van der Waals surface area contributed by atoms with Gasteiger partial charge in [-0.15, -0.1) is 12.4 Å². The molecule has 1 aromatic rings. The number of hydrogen-bond acceptors (Lipinski definition) is 3. The Morgan fingerprint density at radius 2 is 2.04 bits per heavy atom. The van der Waals surface area contributed by atoms with Crippen LogP contribution in [0.5, 0.6) is 0 Å². The van der Waals surface area contributed by atoms with Crippen LogP contribution >= 0.6 is 35.8 Å². The van der Waals surface area contributed by atoms with Gasteiger partial charge in [0.15, 0.2) is 0 Å². The molecule has 2 fully saturated rings. The molecule has 23 heavy (non-hydrogen) atoms. The van der Waals surface area contributed by atoms with Gasteiger partial charge in [-0.05, 0) is 36.5 Å². The van der Waals surface area contributed by atoms with Gasteiger partial charge in [-0.25, -0.2) is 0 Å². The number of carbonyl (C=O) groups excluding carboxylic acids is 1. The number of nitrogens with zero attached hydrogens (tertiary/aromatic N) is 1. The van der Waals surface area contributed by atoms with Crippen LogP contribution < -0.4 is 5.73 Å². The van der Waals surface area contributed by atoms with Gasteiger partial charge in [0.25, 0.3) is 0 Å². The highest BCUT2D eigenvalue weighted by molar-refractivity contribution is 7.99. The standard InChI is InChI=1S/C17H23ClN2OS.ClH/c18-14-6-4-12(5-7-14)16-11-22-9-8-20(16)17(21)10-13-2-1-3-15(13)19;/h4-7,13,15-16H,1-3,8-11,19H2;1H/t13-,15+,16?;/m0./s1. The van der Waals surface area contributed by atoms with E-state index in [-0.39, 0.29) is 30.4 Å². The molecule has 1 aliphatic carbocycles. The molecule has 3 atom stereocenters. The molecule has 3 nitrogen and oxygen atoms in total. The van der Waals surface area contributed by atoms with Crippen molar-refractivity contribution in [2.75, 3.05) is 18.1 Å². The fraction of sp³-hybridized carbons (Fsp3) is 0.588. The van der Waals surface area contributed by atoms with Crippen LogP contribution in [-0.4, -0.2) is 34.9 Å². The Morgan fingerprint density at radius 3 is 2.70 bits per heavy atom. The number of rotatable bonds is 3. The molecule has 0 bridgehead atoms. The third-order valence-corrected chi connectivity index (χ3v) is 6.13. The van der Waals surface area contributed by atoms with Gasteiger partial charge >= 0.3 is 0 Å². The van der Waals surface area contributed by atoms with Gasteiger partial charge < -0.3 is 10.6 Å². The summed E-state index contributed by atoms with van der Waals surface area (Å²) in [5, 5.41) is 0.738. The topological polar surface area (TPSA) is 46.3 Å². The zero-order chi connectivity index (χ0) is 15.5. The number of benzene rings is 1. The van der Waals surface area contributed by atoms with Gasteiger partial charge in [-0.1, -0.05) is 30.2 Å². The first-order chi connectivity index (χ1) is 10.6. The normalized spacial score (nSPS) is 27.6. The average Bonchev–Trinajstić information content (AvgIpc) is 2.93. The van der Waals surface area contributed by atoms with E-state index in [0.717, 1.165) is 42.3 Å². The number of carbonyl (C=O) groups is 1. The van der Waals surface area contributed by atoms with Crippen LogP contribution in [0.15, 0.2) is 24.3 Å². The molecule has 1 aliphatic heterocycles. The minimum absolute atomic E-state index is 0. The quantitative estimate of drug-likeness (QED) is 0.872. The van der Waals surface area contributed by atoms with Crippen LogP contribution in [-0.2, 0) is 4.79 Å². The molecule has 0 aromatic heterocycles. The van der Waals surface area contributed by atoms with Crippen molar-refractivity contribution < 1.29 is 4.79 Å². The summed E-state index contributed by atoms with van der Waals surface area (Å²) in [4.78, 5) is 14.8. The molecule has 1 aromatic carbocycles. The second-order valence-electron chi connectivity index (χ2n) is 6.29. The molecule has 0 spiro atoms. The van der Waals surface area contributed by atoms with Gasteiger partial charge in [0.2, 0.25) is 5.91 Å². The fourth-order valence-corrected chi connectivity index (χ4v) is 4.74. The predicted molar refractivity (Wildman–Crippen MR) is 100 cm³/mol. The van der Waals surface area contributed by atoms with E-state index in [0.29, 0.717) is 12.3 Å². The number of halogens is 2. The summed E-state index contributed by atoms with van der Waals surface area (Å²) in [6.07, 6.45) is 3.93. The van der Waals surface area contributed by atoms with Crippen molar-refractivity contribution in [2.45, 2.75) is 37.8 Å². The van der Waals surface area contributed by atoms with Gasteiger partial charge in [-0.2, -0.15) is 11.8 Å². The minimum atomic E-state index is 0. The third kappa shape index (κ3) is 4.56. The van der Waals surface area contributed by atoms with Crippen LogP contribution in [0, 0.1) is 5.92 Å². The zero-order valence-corrected chi connectivity index (χ0v) is 15.5. The number of nitrogens with two attached hydrogens (primary N) is 1. The van der Waals surface area contributed by atoms with Crippen LogP contribution in [0.4, 0.5) is 0 Å². The maximum atomic E-state index is 12.8. The zero-order valence-electron chi connectivity index (χ0n) is 13.1. The van der Waals surface area contributed by atoms with E-state index in [1.54, 1.807) is 0 Å². The summed E-state index contributed by atoms with van der Waals surface area (Å²) in [6, 6.07) is 8.27. The second-order valence-corrected chi connectivity index (χ2v) is 7.87. The molecular weight excluding hydrogens is 351 g/mol. The van der Waals surface area contributed by atoms with E-state index in [4.69, 9.17) is 17.3 Å². The minimum Gasteiger partial charge on any atom is -0.334 e. The summed E-state index contributed by atoms with van der Waals surface area (Å²) in [6.45, 7) is 0.832. The molecule has 1 heterocycles. The molecule has 2 N–H and O–H groups in total. The third-order valence-electron chi connectivity index (χ3n) is 4.86. The molecule has 1 amide bonds. The molecule has 3 rings (SSSR count). The highest BCUT2D eigenvalue weighted by atomic mass is 35.5. The van der Waals surface area contributed by atoms with Gasteiger partial charge in [-0.3, -0.25) is 4.79 Å². The Labute approximate surface area is 153 Å². The van der Waals surface area contributed by atoms with Crippen LogP contribution in [0.2, 0.25) is 5.02 Å². The number of amides is 1. The van der Waals surface area contributed by atoms with Gasteiger partial charge in [0.1, 0.15) is 0 Å². The molecule has 2 aliphatic rings. The Morgan fingerprint density at radius 1 is 1.30 bits per heavy atom. The SMILES string of the molecule is Cl.N[C@@H]1CCC[C@H]1CC(=O)N1CCSCC1c1ccc(Cl)cc1. The first-order valence-corrected chi connectivity index (χ1v) is 9.56. The van der Waals surface area contributed by atoms with Crippen molar-refractivity contribution >= 4 is 41.7 Å². The first kappa shape index (κ1) is 18.9. The second kappa shape index (κ2) is 8.61. The number of thioether (sulfide) groups is 1. The van der Waals surface area contributed by atoms with Crippen LogP contribution in [0.3, 0.4) is 0 Å². The number of hydrogen-bond donors (Lipinski definition) is 1. The van der Waals surface area contributed by atoms with E-state index >= 15 is 0 Å². The Bertz CT molecular complexity index is 526. The lowest BCUT2D eigenvalue weighted by molar-refractivity contribution is -0.134. The lowest BCUT2D eigenvalue weighted by Gasteiger charge is -2.36. The maximum Gasteiger partial charge on any atom is 0.223 e. The first-order valence-electron chi connectivity index (χ1n) is 8.03. The molecule has 1 unspecified atom stereocenters. The summed E-state index contributed by atoms with van der Waals surface area (Å²) >= 11 is 7.89. The summed E-state index contributed by atoms with van der Waals surface area (Å²) in [5.74, 6) is 2.62. The monoisotopic (exact) mass is 374 g/mol. The summed E-state index contributed by atoms with van der Waals surface area (Å²) in [7, 11) is 0. The molecule has 0 radical (unpaired) electrons. The average molecular weight is 375 g/mol. The van der Waals surface area contributed by atoms with E-state index in [1.807, 2.05) is 36.0 Å². The van der Waals surface area contributed by atoms with Gasteiger partial charge in [0.05, 0.1) is 6.04 Å². The molecule has 128 valence electrons. The molecular formula is C17H24Cl2N2OS. The summed E-state index contributed by atoms with van der Waals surface area (Å²) in [5.41, 5.74) is 7.31. The molecule has 1 saturated carbocycles. The van der Waals surface area contributed by atoms with Crippen molar-refractivity contribution in [1.29, 1.82) is 0 Å². The van der Waals surface area contributed by atoms with Crippen molar-refractivity contribution in [3.8, 4) is 0 Å². The van der Waals surface area contributed by atoms with Crippen molar-refractivity contribution in [3.63, 3.8) is 0 Å². The van der Waals surface area contributed by atoms with Gasteiger partial charge in [0, 0.05) is 35.5 Å². The van der Waals surface area contributed by atoms with Crippen molar-refractivity contribution in [1.82, 2.24) is 4.90 Å². The molecule has 1 saturated heterocycles. The van der Waals surface area contributed by atoms with E-state index in [9.17, 15) is 4.79 Å². The smallest absolute Gasteiger partial charge is 0.223 e. The van der Waals surface area contributed by atoms with E-state index in [2.05, 4.69) is 4.90 Å². The maximum absolute atomic E-state index is 12.8. The highest BCUT2D eigenvalue weighted by Gasteiger charge is 2.32. The Kier molecular flexibility index (Phi) is 7.08. The van der Waals surface area contributed by atoms with Crippen molar-refractivity contribution in [3.05, 3.63) is 34.9 Å². The van der Waals surface area contributed by atoms with E-state index in [1.165, 1.54) is 5.56 Å². The lowest BCUT2D eigenvalue weighted by Crippen LogP contribution is -2.42. The van der Waals surface area contributed by atoms with Crippen LogP contribution in [0.25, 0.3) is 0 Å². The summed E-state index contributed by atoms with van der Waals surface area (Å²) < 4.78 is 0. The van der Waals surface area contributed by atoms with Crippen molar-refractivity contribution in [2.24, 2.45) is 11.7 Å². The fourth-order valence-electron chi connectivity index (χ4n) is 3.52. The van der Waals surface area contributed by atoms with Crippen LogP contribution in [0.1, 0.15) is 37.3 Å². The van der Waals surface area contributed by atoms with E-state index < -0.39 is 0 Å². The predicted octanol–water partition coefficient (Wildman–Crippen LogP) is 3.90. The largest absolute Gasteiger partial charge is 0.334 e. The Balaban J connectivity index is 0.00000192. The molecule has 6 heteroatoms. The highest BCUT2D eigenvalue weighted by Crippen LogP contribution is 2.33. The Hall–Kier alpha value is -0.420.